The highest BCUT2D eigenvalue weighted by Gasteiger charge is 2.08. The van der Waals surface area contributed by atoms with Gasteiger partial charge in [0.05, 0.1) is 0 Å². The van der Waals surface area contributed by atoms with Crippen LogP contribution in [0.1, 0.15) is 24.5 Å². The molecule has 0 aliphatic carbocycles. The first-order chi connectivity index (χ1) is 9.10. The van der Waals surface area contributed by atoms with Crippen LogP contribution in [0.25, 0.3) is 0 Å². The van der Waals surface area contributed by atoms with E-state index in [0.717, 1.165) is 18.0 Å². The van der Waals surface area contributed by atoms with Crippen LogP contribution in [-0.2, 0) is 13.5 Å². The summed E-state index contributed by atoms with van der Waals surface area (Å²) in [5.41, 5.74) is 8.55. The van der Waals surface area contributed by atoms with E-state index in [2.05, 4.69) is 42.1 Å². The molecule has 0 saturated heterocycles. The molecule has 1 heterocycles. The number of aromatic nitrogens is 3. The monoisotopic (exact) mass is 276 g/mol. The van der Waals surface area contributed by atoms with E-state index in [1.54, 1.807) is 22.8 Å². The van der Waals surface area contributed by atoms with E-state index in [1.165, 1.54) is 16.0 Å². The van der Waals surface area contributed by atoms with Gasteiger partial charge in [0, 0.05) is 18.0 Å². The Labute approximate surface area is 118 Å². The van der Waals surface area contributed by atoms with Gasteiger partial charge in [-0.15, -0.1) is 0 Å². The highest BCUT2D eigenvalue weighted by Crippen LogP contribution is 2.29. The van der Waals surface area contributed by atoms with E-state index in [4.69, 9.17) is 5.73 Å². The normalized spacial score (nSPS) is 12.6. The number of benzene rings is 1. The average molecular weight is 276 g/mol. The van der Waals surface area contributed by atoms with Crippen LogP contribution in [0.4, 0.5) is 0 Å². The maximum Gasteiger partial charge on any atom is 0.190 e. The van der Waals surface area contributed by atoms with Gasteiger partial charge in [0.25, 0.3) is 0 Å². The molecule has 0 aliphatic rings. The summed E-state index contributed by atoms with van der Waals surface area (Å²) in [5.74, 6) is 0. The standard InChI is InChI=1S/C14H20N4S/c1-4-12(15)8-11-5-6-13(10(2)7-11)19-14-16-9-17-18(14)3/h5-7,9,12H,4,8,15H2,1-3H3. The van der Waals surface area contributed by atoms with Gasteiger partial charge in [-0.3, -0.25) is 0 Å². The Hall–Kier alpha value is -1.33. The lowest BCUT2D eigenvalue weighted by Crippen LogP contribution is -2.21. The molecule has 1 atom stereocenters. The van der Waals surface area contributed by atoms with Crippen molar-refractivity contribution in [2.24, 2.45) is 12.8 Å². The minimum absolute atomic E-state index is 0.247. The van der Waals surface area contributed by atoms with Crippen LogP contribution in [0.3, 0.4) is 0 Å². The van der Waals surface area contributed by atoms with E-state index >= 15 is 0 Å². The zero-order valence-corrected chi connectivity index (χ0v) is 12.4. The second kappa shape index (κ2) is 6.21. The fourth-order valence-electron chi connectivity index (χ4n) is 1.88. The predicted molar refractivity (Wildman–Crippen MR) is 78.3 cm³/mol. The fraction of sp³-hybridized carbons (Fsp3) is 0.429. The van der Waals surface area contributed by atoms with Crippen molar-refractivity contribution in [2.75, 3.05) is 0 Å². The van der Waals surface area contributed by atoms with E-state index in [-0.39, 0.29) is 6.04 Å². The van der Waals surface area contributed by atoms with Gasteiger partial charge < -0.3 is 5.73 Å². The van der Waals surface area contributed by atoms with Crippen LogP contribution in [0.2, 0.25) is 0 Å². The van der Waals surface area contributed by atoms with Gasteiger partial charge in [0.15, 0.2) is 5.16 Å². The molecular weight excluding hydrogens is 256 g/mol. The van der Waals surface area contributed by atoms with Gasteiger partial charge >= 0.3 is 0 Å². The van der Waals surface area contributed by atoms with Crippen LogP contribution in [0.15, 0.2) is 34.6 Å². The van der Waals surface area contributed by atoms with Crippen molar-refractivity contribution in [3.63, 3.8) is 0 Å². The SMILES string of the molecule is CCC(N)Cc1ccc(Sc2ncnn2C)c(C)c1. The summed E-state index contributed by atoms with van der Waals surface area (Å²) < 4.78 is 1.78. The molecule has 4 nitrogen and oxygen atoms in total. The highest BCUT2D eigenvalue weighted by molar-refractivity contribution is 7.99. The first-order valence-electron chi connectivity index (χ1n) is 6.47. The van der Waals surface area contributed by atoms with Crippen molar-refractivity contribution in [3.8, 4) is 0 Å². The molecule has 0 saturated carbocycles. The summed E-state index contributed by atoms with van der Waals surface area (Å²) >= 11 is 1.64. The Bertz CT molecular complexity index is 550. The van der Waals surface area contributed by atoms with Crippen LogP contribution in [0, 0.1) is 6.92 Å². The second-order valence-corrected chi connectivity index (χ2v) is 5.75. The maximum atomic E-state index is 6.00. The van der Waals surface area contributed by atoms with Crippen molar-refractivity contribution >= 4 is 11.8 Å². The molecule has 0 bridgehead atoms. The summed E-state index contributed by atoms with van der Waals surface area (Å²) in [7, 11) is 1.90. The third-order valence-electron chi connectivity index (χ3n) is 3.13. The molecule has 1 unspecified atom stereocenters. The van der Waals surface area contributed by atoms with Gasteiger partial charge in [0.1, 0.15) is 6.33 Å². The molecule has 1 aromatic carbocycles. The summed E-state index contributed by atoms with van der Waals surface area (Å²) in [6.45, 7) is 4.25. The quantitative estimate of drug-likeness (QED) is 0.912. The van der Waals surface area contributed by atoms with E-state index in [1.807, 2.05) is 7.05 Å². The number of hydrogen-bond donors (Lipinski definition) is 1. The molecule has 0 amide bonds. The average Bonchev–Trinajstić information content (AvgIpc) is 2.78. The fourth-order valence-corrected chi connectivity index (χ4v) is 2.71. The largest absolute Gasteiger partial charge is 0.327 e. The second-order valence-electron chi connectivity index (χ2n) is 4.74. The summed E-state index contributed by atoms with van der Waals surface area (Å²) in [5, 5.41) is 4.98. The van der Waals surface area contributed by atoms with Crippen molar-refractivity contribution < 1.29 is 0 Å². The smallest absolute Gasteiger partial charge is 0.190 e. The molecule has 2 aromatic rings. The molecule has 5 heteroatoms. The molecule has 1 aromatic heterocycles. The van der Waals surface area contributed by atoms with Gasteiger partial charge in [-0.1, -0.05) is 19.1 Å². The number of rotatable bonds is 5. The Morgan fingerprint density at radius 3 is 2.79 bits per heavy atom. The lowest BCUT2D eigenvalue weighted by atomic mass is 10.0. The van der Waals surface area contributed by atoms with Gasteiger partial charge in [-0.25, -0.2) is 9.67 Å². The van der Waals surface area contributed by atoms with Crippen molar-refractivity contribution in [2.45, 2.75) is 42.8 Å². The minimum Gasteiger partial charge on any atom is -0.327 e. The third kappa shape index (κ3) is 3.58. The summed E-state index contributed by atoms with van der Waals surface area (Å²) in [6.07, 6.45) is 3.52. The van der Waals surface area contributed by atoms with E-state index in [9.17, 15) is 0 Å². The Balaban J connectivity index is 2.13. The molecule has 0 aliphatic heterocycles. The molecular formula is C14H20N4S. The van der Waals surface area contributed by atoms with Crippen LogP contribution >= 0.6 is 11.8 Å². The minimum atomic E-state index is 0.247. The van der Waals surface area contributed by atoms with Crippen LogP contribution in [0.5, 0.6) is 0 Å². The van der Waals surface area contributed by atoms with Crippen LogP contribution in [-0.4, -0.2) is 20.8 Å². The lowest BCUT2D eigenvalue weighted by molar-refractivity contribution is 0.646. The van der Waals surface area contributed by atoms with E-state index in [0.29, 0.717) is 0 Å². The molecule has 2 N–H and O–H groups in total. The lowest BCUT2D eigenvalue weighted by Gasteiger charge is -2.11. The molecule has 102 valence electrons. The van der Waals surface area contributed by atoms with Crippen molar-refractivity contribution in [1.29, 1.82) is 0 Å². The zero-order chi connectivity index (χ0) is 13.8. The molecule has 19 heavy (non-hydrogen) atoms. The molecule has 0 fully saturated rings. The van der Waals surface area contributed by atoms with Gasteiger partial charge in [-0.2, -0.15) is 5.10 Å². The Kier molecular flexibility index (Phi) is 4.61. The Morgan fingerprint density at radius 1 is 1.42 bits per heavy atom. The number of hydrogen-bond acceptors (Lipinski definition) is 4. The molecule has 2 rings (SSSR count). The summed E-state index contributed by atoms with van der Waals surface area (Å²) in [6, 6.07) is 6.76. The first-order valence-corrected chi connectivity index (χ1v) is 7.28. The zero-order valence-electron chi connectivity index (χ0n) is 11.6. The van der Waals surface area contributed by atoms with Gasteiger partial charge in [-0.05, 0) is 48.7 Å². The van der Waals surface area contributed by atoms with E-state index < -0.39 is 0 Å². The number of aryl methyl sites for hydroxylation is 2. The molecule has 0 radical (unpaired) electrons. The first kappa shape index (κ1) is 14.1. The molecule has 0 spiro atoms. The Morgan fingerprint density at radius 2 is 2.21 bits per heavy atom. The number of nitrogens with two attached hydrogens (primary N) is 1. The third-order valence-corrected chi connectivity index (χ3v) is 4.36. The van der Waals surface area contributed by atoms with Crippen molar-refractivity contribution in [1.82, 2.24) is 14.8 Å². The maximum absolute atomic E-state index is 6.00. The van der Waals surface area contributed by atoms with Crippen molar-refractivity contribution in [3.05, 3.63) is 35.7 Å². The number of nitrogens with zero attached hydrogens (tertiary/aromatic N) is 3. The predicted octanol–water partition coefficient (Wildman–Crippen LogP) is 2.55. The summed E-state index contributed by atoms with van der Waals surface area (Å²) in [4.78, 5) is 5.44. The topological polar surface area (TPSA) is 56.7 Å². The highest BCUT2D eigenvalue weighted by atomic mass is 32.2. The van der Waals surface area contributed by atoms with Gasteiger partial charge in [0.2, 0.25) is 0 Å². The van der Waals surface area contributed by atoms with Crippen LogP contribution < -0.4 is 5.73 Å².